The van der Waals surface area contributed by atoms with Crippen molar-refractivity contribution < 1.29 is 18.7 Å². The largest absolute Gasteiger partial charge is 0.484 e. The van der Waals surface area contributed by atoms with E-state index < -0.39 is 11.9 Å². The third-order valence-electron chi connectivity index (χ3n) is 4.27. The van der Waals surface area contributed by atoms with Gasteiger partial charge in [0.2, 0.25) is 0 Å². The summed E-state index contributed by atoms with van der Waals surface area (Å²) in [6.45, 7) is 2.18. The summed E-state index contributed by atoms with van der Waals surface area (Å²) in [5.41, 5.74) is 1.45. The van der Waals surface area contributed by atoms with E-state index in [2.05, 4.69) is 10.6 Å². The van der Waals surface area contributed by atoms with Crippen molar-refractivity contribution in [1.29, 1.82) is 0 Å². The lowest BCUT2D eigenvalue weighted by molar-refractivity contribution is -0.122. The van der Waals surface area contributed by atoms with Crippen LogP contribution in [-0.4, -0.2) is 25.1 Å². The van der Waals surface area contributed by atoms with Gasteiger partial charge in [0.25, 0.3) is 5.91 Å². The van der Waals surface area contributed by atoms with Gasteiger partial charge in [-0.25, -0.2) is 4.79 Å². The van der Waals surface area contributed by atoms with E-state index in [9.17, 15) is 14.4 Å². The molecule has 7 heteroatoms. The molecule has 0 spiro atoms. The van der Waals surface area contributed by atoms with Gasteiger partial charge in [0.15, 0.2) is 12.0 Å². The third-order valence-corrected chi connectivity index (χ3v) is 4.27. The Hall–Kier alpha value is -3.61. The van der Waals surface area contributed by atoms with Gasteiger partial charge in [-0.2, -0.15) is 0 Å². The summed E-state index contributed by atoms with van der Waals surface area (Å²) in [7, 11) is 0. The van der Waals surface area contributed by atoms with Crippen LogP contribution in [0.3, 0.4) is 0 Å². The third kappa shape index (κ3) is 5.22. The van der Waals surface area contributed by atoms with Gasteiger partial charge >= 0.3 is 6.03 Å². The highest BCUT2D eigenvalue weighted by molar-refractivity contribution is 5.95. The van der Waals surface area contributed by atoms with Crippen LogP contribution >= 0.6 is 0 Å². The van der Waals surface area contributed by atoms with E-state index in [0.717, 1.165) is 18.4 Å². The highest BCUT2D eigenvalue weighted by atomic mass is 16.5. The van der Waals surface area contributed by atoms with Gasteiger partial charge in [-0.1, -0.05) is 43.7 Å². The predicted octanol–water partition coefficient (Wildman–Crippen LogP) is 3.46. The lowest BCUT2D eigenvalue weighted by Crippen LogP contribution is -2.41. The molecule has 0 aliphatic carbocycles. The van der Waals surface area contributed by atoms with Crippen LogP contribution in [0.25, 0.3) is 22.1 Å². The number of urea groups is 1. The zero-order valence-corrected chi connectivity index (χ0v) is 16.1. The molecule has 3 amide bonds. The molecule has 0 saturated carbocycles. The van der Waals surface area contributed by atoms with Crippen LogP contribution in [0, 0.1) is 0 Å². The fourth-order valence-electron chi connectivity index (χ4n) is 2.75. The quantitative estimate of drug-likeness (QED) is 0.598. The van der Waals surface area contributed by atoms with Crippen molar-refractivity contribution in [2.75, 3.05) is 13.2 Å². The first-order valence-electron chi connectivity index (χ1n) is 9.40. The minimum absolute atomic E-state index is 0.148. The van der Waals surface area contributed by atoms with Crippen molar-refractivity contribution >= 4 is 22.9 Å². The van der Waals surface area contributed by atoms with E-state index in [1.165, 1.54) is 6.26 Å². The number of fused-ring (bicyclic) bond motifs is 1. The van der Waals surface area contributed by atoms with E-state index in [-0.39, 0.29) is 12.0 Å². The topological polar surface area (TPSA) is 97.6 Å². The summed E-state index contributed by atoms with van der Waals surface area (Å²) in [6, 6.07) is 13.4. The molecule has 3 aromatic rings. The second kappa shape index (κ2) is 9.54. The molecule has 7 nitrogen and oxygen atoms in total. The molecule has 150 valence electrons. The van der Waals surface area contributed by atoms with Crippen molar-refractivity contribution in [1.82, 2.24) is 10.6 Å². The van der Waals surface area contributed by atoms with Gasteiger partial charge in [0, 0.05) is 12.6 Å². The SMILES string of the molecule is CCCCNC(=O)NC(=O)COc1ccc2c(=O)c(-c3ccccc3)coc2c1. The van der Waals surface area contributed by atoms with E-state index in [1.54, 1.807) is 18.2 Å². The number of benzene rings is 2. The number of carbonyl (C=O) groups is 2. The molecule has 2 aromatic carbocycles. The first-order valence-corrected chi connectivity index (χ1v) is 9.40. The Labute approximate surface area is 167 Å². The van der Waals surface area contributed by atoms with Gasteiger partial charge < -0.3 is 14.5 Å². The van der Waals surface area contributed by atoms with E-state index >= 15 is 0 Å². The second-order valence-corrected chi connectivity index (χ2v) is 6.45. The molecule has 3 rings (SSSR count). The summed E-state index contributed by atoms with van der Waals surface area (Å²) < 4.78 is 11.0. The molecule has 0 unspecified atom stereocenters. The van der Waals surface area contributed by atoms with E-state index in [4.69, 9.17) is 9.15 Å². The predicted molar refractivity (Wildman–Crippen MR) is 110 cm³/mol. The minimum Gasteiger partial charge on any atom is -0.484 e. The molecule has 1 aromatic heterocycles. The summed E-state index contributed by atoms with van der Waals surface area (Å²) in [5.74, 6) is -0.213. The van der Waals surface area contributed by atoms with Gasteiger partial charge in [-0.15, -0.1) is 0 Å². The van der Waals surface area contributed by atoms with Crippen LogP contribution in [0.4, 0.5) is 4.79 Å². The molecule has 2 N–H and O–H groups in total. The van der Waals surface area contributed by atoms with Gasteiger partial charge in [-0.3, -0.25) is 14.9 Å². The molecule has 0 aliphatic rings. The lowest BCUT2D eigenvalue weighted by atomic mass is 10.1. The van der Waals surface area contributed by atoms with Crippen LogP contribution in [0.15, 0.2) is 64.0 Å². The molecule has 0 bridgehead atoms. The number of hydrogen-bond acceptors (Lipinski definition) is 5. The Morgan fingerprint density at radius 2 is 1.90 bits per heavy atom. The zero-order valence-electron chi connectivity index (χ0n) is 16.1. The monoisotopic (exact) mass is 394 g/mol. The van der Waals surface area contributed by atoms with Gasteiger partial charge in [0.1, 0.15) is 17.6 Å². The number of unbranched alkanes of at least 4 members (excludes halogenated alkanes) is 1. The van der Waals surface area contributed by atoms with E-state index in [1.807, 2.05) is 37.3 Å². The number of carbonyl (C=O) groups excluding carboxylic acids is 2. The normalized spacial score (nSPS) is 10.5. The van der Waals surface area contributed by atoms with Crippen molar-refractivity contribution in [2.24, 2.45) is 0 Å². The fraction of sp³-hybridized carbons (Fsp3) is 0.227. The molecular weight excluding hydrogens is 372 g/mol. The van der Waals surface area contributed by atoms with Crippen molar-refractivity contribution in [3.05, 3.63) is 65.0 Å². The highest BCUT2D eigenvalue weighted by Gasteiger charge is 2.11. The maximum atomic E-state index is 12.7. The Morgan fingerprint density at radius 3 is 2.66 bits per heavy atom. The van der Waals surface area contributed by atoms with Gasteiger partial charge in [-0.05, 0) is 24.1 Å². The number of rotatable bonds is 7. The van der Waals surface area contributed by atoms with Crippen LogP contribution in [0.1, 0.15) is 19.8 Å². The van der Waals surface area contributed by atoms with Crippen molar-refractivity contribution in [2.45, 2.75) is 19.8 Å². The zero-order chi connectivity index (χ0) is 20.6. The maximum Gasteiger partial charge on any atom is 0.321 e. The highest BCUT2D eigenvalue weighted by Crippen LogP contribution is 2.23. The molecule has 0 fully saturated rings. The smallest absolute Gasteiger partial charge is 0.321 e. The van der Waals surface area contributed by atoms with Crippen LogP contribution in [0.5, 0.6) is 5.75 Å². The average molecular weight is 394 g/mol. The van der Waals surface area contributed by atoms with Crippen LogP contribution in [-0.2, 0) is 4.79 Å². The number of amides is 3. The average Bonchev–Trinajstić information content (AvgIpc) is 2.73. The summed E-state index contributed by atoms with van der Waals surface area (Å²) in [4.78, 5) is 36.1. The molecule has 0 radical (unpaired) electrons. The Bertz CT molecular complexity index is 1060. The lowest BCUT2D eigenvalue weighted by Gasteiger charge is -2.08. The summed E-state index contributed by atoms with van der Waals surface area (Å²) in [5, 5.41) is 5.19. The Kier molecular flexibility index (Phi) is 6.63. The van der Waals surface area contributed by atoms with E-state index in [0.29, 0.717) is 28.8 Å². The number of nitrogens with one attached hydrogen (secondary N) is 2. The summed E-state index contributed by atoms with van der Waals surface area (Å²) >= 11 is 0. The number of ether oxygens (including phenoxy) is 1. The molecule has 0 saturated heterocycles. The standard InChI is InChI=1S/C22H22N2O5/c1-2-3-11-23-22(27)24-20(25)14-28-16-9-10-17-19(12-16)29-13-18(21(17)26)15-7-5-4-6-8-15/h4-10,12-13H,2-3,11,14H2,1H3,(H2,23,24,25,27). The Morgan fingerprint density at radius 1 is 1.10 bits per heavy atom. The molecular formula is C22H22N2O5. The van der Waals surface area contributed by atoms with Crippen molar-refractivity contribution in [3.63, 3.8) is 0 Å². The molecule has 0 aliphatic heterocycles. The number of imide groups is 1. The van der Waals surface area contributed by atoms with Crippen molar-refractivity contribution in [3.8, 4) is 16.9 Å². The first kappa shape index (κ1) is 20.1. The van der Waals surface area contributed by atoms with Crippen LogP contribution in [0.2, 0.25) is 0 Å². The van der Waals surface area contributed by atoms with Gasteiger partial charge in [0.05, 0.1) is 10.9 Å². The fourth-order valence-corrected chi connectivity index (χ4v) is 2.75. The molecule has 1 heterocycles. The molecule has 0 atom stereocenters. The van der Waals surface area contributed by atoms with Crippen LogP contribution < -0.4 is 20.8 Å². The Balaban J connectivity index is 1.65. The second-order valence-electron chi connectivity index (χ2n) is 6.45. The minimum atomic E-state index is -0.569. The first-order chi connectivity index (χ1) is 14.1. The number of hydrogen-bond donors (Lipinski definition) is 2. The summed E-state index contributed by atoms with van der Waals surface area (Å²) in [6.07, 6.45) is 3.20. The molecule has 29 heavy (non-hydrogen) atoms. The maximum absolute atomic E-state index is 12.7.